The largest absolute Gasteiger partial charge is 0.377 e. The number of nitrogens with zero attached hydrogens (tertiary/aromatic N) is 4. The Hall–Kier alpha value is -2.64. The van der Waals surface area contributed by atoms with Gasteiger partial charge in [-0.15, -0.1) is 0 Å². The molecule has 0 radical (unpaired) electrons. The average Bonchev–Trinajstić information content (AvgIpc) is 2.53. The maximum absolute atomic E-state index is 12.7. The van der Waals surface area contributed by atoms with Crippen molar-refractivity contribution in [3.63, 3.8) is 0 Å². The minimum atomic E-state index is -0.510. The fourth-order valence-corrected chi connectivity index (χ4v) is 2.59. The van der Waals surface area contributed by atoms with E-state index in [1.165, 1.54) is 19.1 Å². The highest BCUT2D eigenvalue weighted by Crippen LogP contribution is 2.26. The van der Waals surface area contributed by atoms with E-state index in [0.29, 0.717) is 37.4 Å². The van der Waals surface area contributed by atoms with Crippen LogP contribution in [0.3, 0.4) is 0 Å². The second kappa shape index (κ2) is 6.64. The van der Waals surface area contributed by atoms with E-state index in [1.807, 2.05) is 0 Å². The molecule has 2 amide bonds. The summed E-state index contributed by atoms with van der Waals surface area (Å²) in [4.78, 5) is 39.6. The number of hydrogen-bond donors (Lipinski definition) is 0. The van der Waals surface area contributed by atoms with Crippen molar-refractivity contribution in [3.8, 4) is 0 Å². The highest BCUT2D eigenvalue weighted by Gasteiger charge is 2.26. The molecule has 0 N–H and O–H groups in total. The topological polar surface area (TPSA) is 87.0 Å². The van der Waals surface area contributed by atoms with Crippen LogP contribution in [0.15, 0.2) is 18.2 Å². The molecule has 124 valence electrons. The summed E-state index contributed by atoms with van der Waals surface area (Å²) < 4.78 is 0. The number of carbonyl (C=O) groups excluding carboxylic acids is 2. The van der Waals surface area contributed by atoms with Gasteiger partial charge in [-0.05, 0) is 6.07 Å². The Morgan fingerprint density at radius 3 is 2.17 bits per heavy atom. The van der Waals surface area contributed by atoms with Crippen molar-refractivity contribution >= 4 is 23.2 Å². The molecule has 2 rings (SSSR count). The van der Waals surface area contributed by atoms with Gasteiger partial charge in [0.1, 0.15) is 0 Å². The molecule has 1 heterocycles. The minimum Gasteiger partial charge on any atom is -0.377 e. The molecule has 23 heavy (non-hydrogen) atoms. The van der Waals surface area contributed by atoms with E-state index < -0.39 is 4.92 Å². The molecule has 0 saturated carbocycles. The number of amides is 2. The van der Waals surface area contributed by atoms with E-state index in [4.69, 9.17) is 0 Å². The first-order valence-electron chi connectivity index (χ1n) is 7.32. The van der Waals surface area contributed by atoms with Crippen LogP contribution in [0.25, 0.3) is 0 Å². The zero-order valence-electron chi connectivity index (χ0n) is 13.5. The quantitative estimate of drug-likeness (QED) is 0.611. The molecule has 1 aromatic carbocycles. The summed E-state index contributed by atoms with van der Waals surface area (Å²) in [6.07, 6.45) is 0. The maximum Gasteiger partial charge on any atom is 0.270 e. The van der Waals surface area contributed by atoms with E-state index in [2.05, 4.69) is 0 Å². The van der Waals surface area contributed by atoms with Crippen molar-refractivity contribution in [1.29, 1.82) is 0 Å². The molecule has 0 aromatic heterocycles. The highest BCUT2D eigenvalue weighted by molar-refractivity contribution is 6.00. The Kier molecular flexibility index (Phi) is 4.83. The maximum atomic E-state index is 12.7. The molecule has 1 aromatic rings. The molecule has 8 nitrogen and oxygen atoms in total. The summed E-state index contributed by atoms with van der Waals surface area (Å²) in [7, 11) is 3.57. The summed E-state index contributed by atoms with van der Waals surface area (Å²) in [5.74, 6) is -0.262. The van der Waals surface area contributed by atoms with Gasteiger partial charge in [-0.2, -0.15) is 0 Å². The lowest BCUT2D eigenvalue weighted by Crippen LogP contribution is -2.50. The van der Waals surface area contributed by atoms with Crippen molar-refractivity contribution in [2.75, 3.05) is 45.2 Å². The first-order valence-corrected chi connectivity index (χ1v) is 7.32. The number of non-ortho nitro benzene ring substituents is 1. The van der Waals surface area contributed by atoms with Crippen molar-refractivity contribution in [3.05, 3.63) is 33.9 Å². The van der Waals surface area contributed by atoms with Crippen molar-refractivity contribution in [2.45, 2.75) is 6.92 Å². The lowest BCUT2D eigenvalue weighted by molar-refractivity contribution is -0.384. The van der Waals surface area contributed by atoms with Gasteiger partial charge in [0, 0.05) is 65.0 Å². The van der Waals surface area contributed by atoms with Gasteiger partial charge in [-0.25, -0.2) is 0 Å². The van der Waals surface area contributed by atoms with Crippen LogP contribution >= 0.6 is 0 Å². The Morgan fingerprint density at radius 2 is 1.70 bits per heavy atom. The summed E-state index contributed by atoms with van der Waals surface area (Å²) in [6, 6.07) is 4.28. The van der Waals surface area contributed by atoms with E-state index in [9.17, 15) is 19.7 Å². The predicted octanol–water partition coefficient (Wildman–Crippen LogP) is 0.965. The van der Waals surface area contributed by atoms with E-state index in [1.54, 1.807) is 34.9 Å². The minimum absolute atomic E-state index is 0.0126. The van der Waals surface area contributed by atoms with Gasteiger partial charge in [-0.1, -0.05) is 0 Å². The molecular weight excluding hydrogens is 300 g/mol. The van der Waals surface area contributed by atoms with E-state index in [0.717, 1.165) is 0 Å². The number of piperazine rings is 1. The van der Waals surface area contributed by atoms with Crippen LogP contribution < -0.4 is 4.90 Å². The summed E-state index contributed by atoms with van der Waals surface area (Å²) in [6.45, 7) is 3.31. The standard InChI is InChI=1S/C15H20N4O4/c1-11(20)17-6-8-18(9-7-17)15(21)13-10-12(19(22)23)4-5-14(13)16(2)3/h4-5,10H,6-9H2,1-3H3. The van der Waals surface area contributed by atoms with Gasteiger partial charge >= 0.3 is 0 Å². The molecule has 0 bridgehead atoms. The Bertz CT molecular complexity index is 636. The predicted molar refractivity (Wildman–Crippen MR) is 85.6 cm³/mol. The zero-order chi connectivity index (χ0) is 17.1. The fourth-order valence-electron chi connectivity index (χ4n) is 2.59. The molecule has 0 atom stereocenters. The SMILES string of the molecule is CC(=O)N1CCN(C(=O)c2cc([N+](=O)[O-])ccc2N(C)C)CC1. The van der Waals surface area contributed by atoms with E-state index >= 15 is 0 Å². The average molecular weight is 320 g/mol. The Labute approximate surface area is 134 Å². The van der Waals surface area contributed by atoms with Crippen molar-refractivity contribution < 1.29 is 14.5 Å². The Balaban J connectivity index is 2.26. The van der Waals surface area contributed by atoms with Gasteiger partial charge < -0.3 is 14.7 Å². The molecule has 1 aliphatic heterocycles. The van der Waals surface area contributed by atoms with Crippen molar-refractivity contribution in [1.82, 2.24) is 9.80 Å². The first-order chi connectivity index (χ1) is 10.8. The second-order valence-electron chi connectivity index (χ2n) is 5.65. The molecule has 1 fully saturated rings. The smallest absolute Gasteiger partial charge is 0.270 e. The highest BCUT2D eigenvalue weighted by atomic mass is 16.6. The van der Waals surface area contributed by atoms with E-state index in [-0.39, 0.29) is 17.5 Å². The summed E-state index contributed by atoms with van der Waals surface area (Å²) in [5, 5.41) is 11.0. The van der Waals surface area contributed by atoms with Crippen LogP contribution in [0.1, 0.15) is 17.3 Å². The normalized spacial score (nSPS) is 14.6. The monoisotopic (exact) mass is 320 g/mol. The molecule has 0 aliphatic carbocycles. The first kappa shape index (κ1) is 16.7. The lowest BCUT2D eigenvalue weighted by atomic mass is 10.1. The molecule has 1 aliphatic rings. The molecule has 8 heteroatoms. The number of rotatable bonds is 3. The number of benzene rings is 1. The van der Waals surface area contributed by atoms with Gasteiger partial charge in [0.15, 0.2) is 0 Å². The third kappa shape index (κ3) is 3.58. The van der Waals surface area contributed by atoms with Crippen LogP contribution in [-0.4, -0.2) is 66.8 Å². The summed E-state index contributed by atoms with van der Waals surface area (Å²) in [5.41, 5.74) is 0.830. The number of nitro groups is 1. The van der Waals surface area contributed by atoms with Crippen LogP contribution in [-0.2, 0) is 4.79 Å². The molecule has 1 saturated heterocycles. The van der Waals surface area contributed by atoms with Crippen LogP contribution in [0, 0.1) is 10.1 Å². The lowest BCUT2D eigenvalue weighted by Gasteiger charge is -2.34. The van der Waals surface area contributed by atoms with Crippen LogP contribution in [0.4, 0.5) is 11.4 Å². The number of hydrogen-bond acceptors (Lipinski definition) is 5. The van der Waals surface area contributed by atoms with Crippen molar-refractivity contribution in [2.24, 2.45) is 0 Å². The third-order valence-corrected chi connectivity index (χ3v) is 3.92. The molecule has 0 spiro atoms. The Morgan fingerprint density at radius 1 is 1.13 bits per heavy atom. The molecule has 0 unspecified atom stereocenters. The van der Waals surface area contributed by atoms with Gasteiger partial charge in [0.25, 0.3) is 11.6 Å². The second-order valence-corrected chi connectivity index (χ2v) is 5.65. The fraction of sp³-hybridized carbons (Fsp3) is 0.467. The van der Waals surface area contributed by atoms with Crippen LogP contribution in [0.5, 0.6) is 0 Å². The summed E-state index contributed by atoms with van der Waals surface area (Å²) >= 11 is 0. The molecular formula is C15H20N4O4. The zero-order valence-corrected chi connectivity index (χ0v) is 13.5. The third-order valence-electron chi connectivity index (χ3n) is 3.92. The van der Waals surface area contributed by atoms with Gasteiger partial charge in [-0.3, -0.25) is 19.7 Å². The number of anilines is 1. The van der Waals surface area contributed by atoms with Crippen LogP contribution in [0.2, 0.25) is 0 Å². The van der Waals surface area contributed by atoms with Gasteiger partial charge in [0.05, 0.1) is 10.5 Å². The number of carbonyl (C=O) groups is 2. The number of nitro benzene ring substituents is 1. The van der Waals surface area contributed by atoms with Gasteiger partial charge in [0.2, 0.25) is 5.91 Å².